The van der Waals surface area contributed by atoms with E-state index < -0.39 is 16.1 Å². The smallest absolute Gasteiger partial charge is 0.321 e. The van der Waals surface area contributed by atoms with Gasteiger partial charge in [0.2, 0.25) is 10.0 Å². The predicted octanol–water partition coefficient (Wildman–Crippen LogP) is -0.183. The number of quaternary nitrogens is 1. The molecule has 1 fully saturated rings. The summed E-state index contributed by atoms with van der Waals surface area (Å²) in [5.74, 6) is -0.360. The first kappa shape index (κ1) is 22.3. The molecule has 0 saturated carbocycles. The van der Waals surface area contributed by atoms with E-state index in [9.17, 15) is 18.0 Å². The van der Waals surface area contributed by atoms with Crippen molar-refractivity contribution in [3.8, 4) is 0 Å². The molecule has 3 N–H and O–H groups in total. The molecule has 1 heterocycles. The highest BCUT2D eigenvalue weighted by Crippen LogP contribution is 2.19. The van der Waals surface area contributed by atoms with Gasteiger partial charge in [0, 0.05) is 6.04 Å². The zero-order valence-electron chi connectivity index (χ0n) is 17.0. The lowest BCUT2D eigenvalue weighted by Gasteiger charge is -2.31. The van der Waals surface area contributed by atoms with E-state index in [1.165, 1.54) is 4.31 Å². The molecule has 0 spiro atoms. The number of nitrogens with one attached hydrogen (secondary N) is 3. The van der Waals surface area contributed by atoms with Crippen molar-refractivity contribution < 1.29 is 22.9 Å². The van der Waals surface area contributed by atoms with Crippen LogP contribution in [0.3, 0.4) is 0 Å². The first-order chi connectivity index (χ1) is 13.1. The summed E-state index contributed by atoms with van der Waals surface area (Å²) < 4.78 is 27.1. The number of rotatable bonds is 6. The molecular weight excluding hydrogens is 380 g/mol. The van der Waals surface area contributed by atoms with Gasteiger partial charge in [0.25, 0.3) is 5.91 Å². The summed E-state index contributed by atoms with van der Waals surface area (Å²) in [4.78, 5) is 25.0. The van der Waals surface area contributed by atoms with E-state index >= 15 is 0 Å². The van der Waals surface area contributed by atoms with E-state index in [1.807, 2.05) is 33.8 Å². The van der Waals surface area contributed by atoms with E-state index in [4.69, 9.17) is 0 Å². The van der Waals surface area contributed by atoms with Crippen molar-refractivity contribution in [1.82, 2.24) is 14.9 Å². The standard InChI is InChI=1S/C19H30N4O4S/c1-5-16(4)20-19(25)21-18(24)13-22-8-10-23(11-9-22)28(26,27)17-7-6-14(2)15(3)12-17/h6-7,12,16H,5,8-11,13H2,1-4H3,(H2,20,21,24,25)/p+1/t16-/m1/s1. The summed E-state index contributed by atoms with van der Waals surface area (Å²) in [5.41, 5.74) is 1.99. The van der Waals surface area contributed by atoms with Gasteiger partial charge in [-0.3, -0.25) is 10.1 Å². The Kier molecular flexibility index (Phi) is 7.56. The predicted molar refractivity (Wildman–Crippen MR) is 107 cm³/mol. The molecule has 9 heteroatoms. The number of imide groups is 1. The third-order valence-corrected chi connectivity index (χ3v) is 7.09. The van der Waals surface area contributed by atoms with Gasteiger partial charge in [-0.2, -0.15) is 4.31 Å². The molecule has 2 rings (SSSR count). The number of hydrogen-bond donors (Lipinski definition) is 3. The molecule has 1 aliphatic heterocycles. The second kappa shape index (κ2) is 9.49. The fourth-order valence-electron chi connectivity index (χ4n) is 3.00. The van der Waals surface area contributed by atoms with E-state index in [0.29, 0.717) is 31.1 Å². The van der Waals surface area contributed by atoms with Gasteiger partial charge in [-0.15, -0.1) is 0 Å². The van der Waals surface area contributed by atoms with Crippen LogP contribution in [0.2, 0.25) is 0 Å². The maximum Gasteiger partial charge on any atom is 0.321 e. The van der Waals surface area contributed by atoms with E-state index in [2.05, 4.69) is 10.6 Å². The fourth-order valence-corrected chi connectivity index (χ4v) is 4.53. The number of nitrogens with zero attached hydrogens (tertiary/aromatic N) is 1. The van der Waals surface area contributed by atoms with Gasteiger partial charge < -0.3 is 10.2 Å². The second-order valence-electron chi connectivity index (χ2n) is 7.41. The Morgan fingerprint density at radius 2 is 1.82 bits per heavy atom. The van der Waals surface area contributed by atoms with Crippen molar-refractivity contribution in [3.63, 3.8) is 0 Å². The van der Waals surface area contributed by atoms with Crippen LogP contribution in [0.15, 0.2) is 23.1 Å². The lowest BCUT2D eigenvalue weighted by atomic mass is 10.1. The maximum absolute atomic E-state index is 12.8. The highest BCUT2D eigenvalue weighted by Gasteiger charge is 2.31. The molecule has 3 amide bonds. The molecule has 1 aromatic carbocycles. The number of piperazine rings is 1. The van der Waals surface area contributed by atoms with Crippen molar-refractivity contribution in [2.75, 3.05) is 32.7 Å². The number of sulfonamides is 1. The van der Waals surface area contributed by atoms with Crippen LogP contribution in [0, 0.1) is 13.8 Å². The molecule has 1 atom stereocenters. The molecule has 8 nitrogen and oxygen atoms in total. The number of carbonyl (C=O) groups is 2. The molecule has 1 aliphatic rings. The number of benzene rings is 1. The molecule has 0 aromatic heterocycles. The molecule has 0 aliphatic carbocycles. The molecule has 0 radical (unpaired) electrons. The molecule has 0 unspecified atom stereocenters. The van der Waals surface area contributed by atoms with Crippen LogP contribution in [0.5, 0.6) is 0 Å². The first-order valence-corrected chi connectivity index (χ1v) is 11.1. The Bertz CT molecular complexity index is 817. The van der Waals surface area contributed by atoms with Gasteiger partial charge in [0.15, 0.2) is 6.54 Å². The first-order valence-electron chi connectivity index (χ1n) is 9.64. The fraction of sp³-hybridized carbons (Fsp3) is 0.579. The molecule has 156 valence electrons. The van der Waals surface area contributed by atoms with E-state index in [1.54, 1.807) is 12.1 Å². The summed E-state index contributed by atoms with van der Waals surface area (Å²) >= 11 is 0. The Balaban J connectivity index is 1.87. The summed E-state index contributed by atoms with van der Waals surface area (Å²) in [7, 11) is -3.53. The lowest BCUT2D eigenvalue weighted by molar-refractivity contribution is -0.895. The number of amides is 3. The Hall–Kier alpha value is -1.97. The second-order valence-corrected chi connectivity index (χ2v) is 9.35. The van der Waals surface area contributed by atoms with Crippen LogP contribution in [-0.2, 0) is 14.8 Å². The van der Waals surface area contributed by atoms with Crippen LogP contribution in [0.4, 0.5) is 4.79 Å². The minimum Gasteiger partial charge on any atom is -0.335 e. The average molecular weight is 412 g/mol. The summed E-state index contributed by atoms with van der Waals surface area (Å²) in [5, 5.41) is 5.01. The van der Waals surface area contributed by atoms with Crippen LogP contribution in [-0.4, -0.2) is 63.4 Å². The molecule has 0 bridgehead atoms. The highest BCUT2D eigenvalue weighted by molar-refractivity contribution is 7.89. The third kappa shape index (κ3) is 5.76. The SMILES string of the molecule is CC[C@@H](C)NC(=O)NC(=O)C[NH+]1CCN(S(=O)(=O)c2ccc(C)c(C)c2)CC1. The highest BCUT2D eigenvalue weighted by atomic mass is 32.2. The zero-order chi connectivity index (χ0) is 20.9. The van der Waals surface area contributed by atoms with Crippen molar-refractivity contribution in [2.24, 2.45) is 0 Å². The monoisotopic (exact) mass is 411 g/mol. The molecule has 28 heavy (non-hydrogen) atoms. The molecular formula is C19H31N4O4S+. The number of aryl methyl sites for hydroxylation is 2. The number of urea groups is 1. The summed E-state index contributed by atoms with van der Waals surface area (Å²) in [6, 6.07) is 4.67. The normalized spacial score (nSPS) is 17.1. The minimum atomic E-state index is -3.53. The Morgan fingerprint density at radius 1 is 1.18 bits per heavy atom. The lowest BCUT2D eigenvalue weighted by Crippen LogP contribution is -3.15. The molecule has 1 saturated heterocycles. The topological polar surface area (TPSA) is 100 Å². The van der Waals surface area contributed by atoms with Gasteiger partial charge in [0.05, 0.1) is 31.1 Å². The van der Waals surface area contributed by atoms with E-state index in [0.717, 1.165) is 22.4 Å². The van der Waals surface area contributed by atoms with Crippen LogP contribution in [0.1, 0.15) is 31.4 Å². The maximum atomic E-state index is 12.8. The Labute approximate surface area is 167 Å². The van der Waals surface area contributed by atoms with Crippen LogP contribution >= 0.6 is 0 Å². The van der Waals surface area contributed by atoms with Gasteiger partial charge in [-0.1, -0.05) is 13.0 Å². The van der Waals surface area contributed by atoms with Gasteiger partial charge in [-0.05, 0) is 50.5 Å². The van der Waals surface area contributed by atoms with Gasteiger partial charge in [0.1, 0.15) is 0 Å². The number of hydrogen-bond acceptors (Lipinski definition) is 4. The average Bonchev–Trinajstić information content (AvgIpc) is 2.63. The van der Waals surface area contributed by atoms with E-state index in [-0.39, 0.29) is 18.5 Å². The summed E-state index contributed by atoms with van der Waals surface area (Å²) in [6.07, 6.45) is 0.782. The largest absolute Gasteiger partial charge is 0.335 e. The molecule has 1 aromatic rings. The van der Waals surface area contributed by atoms with Crippen LogP contribution < -0.4 is 15.5 Å². The minimum absolute atomic E-state index is 0.000640. The van der Waals surface area contributed by atoms with Crippen molar-refractivity contribution in [1.29, 1.82) is 0 Å². The van der Waals surface area contributed by atoms with Gasteiger partial charge in [-0.25, -0.2) is 13.2 Å². The quantitative estimate of drug-likeness (QED) is 0.604. The summed E-state index contributed by atoms with van der Waals surface area (Å²) in [6.45, 7) is 9.52. The third-order valence-electron chi connectivity index (χ3n) is 5.20. The number of carbonyl (C=O) groups excluding carboxylic acids is 2. The Morgan fingerprint density at radius 3 is 2.39 bits per heavy atom. The van der Waals surface area contributed by atoms with Crippen molar-refractivity contribution in [2.45, 2.75) is 45.1 Å². The van der Waals surface area contributed by atoms with Gasteiger partial charge >= 0.3 is 6.03 Å². The zero-order valence-corrected chi connectivity index (χ0v) is 17.9. The van der Waals surface area contributed by atoms with Crippen LogP contribution in [0.25, 0.3) is 0 Å². The van der Waals surface area contributed by atoms with Crippen molar-refractivity contribution >= 4 is 22.0 Å². The van der Waals surface area contributed by atoms with Crippen molar-refractivity contribution in [3.05, 3.63) is 29.3 Å².